The highest BCUT2D eigenvalue weighted by atomic mass is 19.1. The molecule has 2 aromatic rings. The Bertz CT molecular complexity index is 585. The lowest BCUT2D eigenvalue weighted by molar-refractivity contribution is 0.579. The molecule has 3 nitrogen and oxygen atoms in total. The molecule has 0 amide bonds. The number of pyridine rings is 1. The average Bonchev–Trinajstić information content (AvgIpc) is 2.43. The van der Waals surface area contributed by atoms with Crippen molar-refractivity contribution in [2.75, 3.05) is 17.2 Å². The van der Waals surface area contributed by atoms with Crippen LogP contribution in [-0.4, -0.2) is 11.5 Å². The number of rotatable bonds is 5. The quantitative estimate of drug-likeness (QED) is 0.867. The van der Waals surface area contributed by atoms with E-state index in [1.165, 1.54) is 24.3 Å². The Kier molecular flexibility index (Phi) is 4.45. The molecule has 0 saturated carbocycles. The van der Waals surface area contributed by atoms with Gasteiger partial charge in [-0.15, -0.1) is 0 Å². The minimum absolute atomic E-state index is 0.0159. The molecule has 2 N–H and O–H groups in total. The van der Waals surface area contributed by atoms with E-state index < -0.39 is 17.5 Å². The Hall–Kier alpha value is -2.24. The zero-order valence-corrected chi connectivity index (χ0v) is 10.9. The highest BCUT2D eigenvalue weighted by molar-refractivity contribution is 5.58. The maximum absolute atomic E-state index is 13.7. The van der Waals surface area contributed by atoms with Crippen LogP contribution in [0.25, 0.3) is 0 Å². The van der Waals surface area contributed by atoms with Gasteiger partial charge in [0.2, 0.25) is 0 Å². The summed E-state index contributed by atoms with van der Waals surface area (Å²) in [6, 6.07) is 6.12. The molecule has 20 heavy (non-hydrogen) atoms. The van der Waals surface area contributed by atoms with Gasteiger partial charge in [-0.25, -0.2) is 18.2 Å². The van der Waals surface area contributed by atoms with Gasteiger partial charge >= 0.3 is 0 Å². The minimum Gasteiger partial charge on any atom is -0.368 e. The lowest BCUT2D eigenvalue weighted by Gasteiger charge is -2.10. The fourth-order valence-corrected chi connectivity index (χ4v) is 1.59. The summed E-state index contributed by atoms with van der Waals surface area (Å²) >= 11 is 0. The molecule has 0 saturated heterocycles. The normalized spacial score (nSPS) is 10.4. The van der Waals surface area contributed by atoms with E-state index in [0.29, 0.717) is 12.2 Å². The summed E-state index contributed by atoms with van der Waals surface area (Å²) in [5, 5.41) is 5.46. The van der Waals surface area contributed by atoms with Crippen LogP contribution in [0.3, 0.4) is 0 Å². The van der Waals surface area contributed by atoms with Crippen LogP contribution in [-0.2, 0) is 0 Å². The smallest absolute Gasteiger partial charge is 0.169 e. The second-order valence-corrected chi connectivity index (χ2v) is 4.21. The predicted molar refractivity (Wildman–Crippen MR) is 72.6 cm³/mol. The Morgan fingerprint density at radius 2 is 1.65 bits per heavy atom. The highest BCUT2D eigenvalue weighted by Gasteiger charge is 2.11. The third kappa shape index (κ3) is 3.40. The van der Waals surface area contributed by atoms with Crippen LogP contribution in [0.1, 0.15) is 13.3 Å². The van der Waals surface area contributed by atoms with Crippen LogP contribution in [0.15, 0.2) is 30.3 Å². The van der Waals surface area contributed by atoms with Crippen molar-refractivity contribution in [1.29, 1.82) is 0 Å². The van der Waals surface area contributed by atoms with Crippen LogP contribution >= 0.6 is 0 Å². The summed E-state index contributed by atoms with van der Waals surface area (Å²) in [5.41, 5.74) is 0.464. The number of nitrogens with zero attached hydrogens (tertiary/aromatic N) is 1. The topological polar surface area (TPSA) is 37.0 Å². The highest BCUT2D eigenvalue weighted by Crippen LogP contribution is 2.22. The van der Waals surface area contributed by atoms with Gasteiger partial charge in [0.15, 0.2) is 23.3 Å². The van der Waals surface area contributed by atoms with Gasteiger partial charge in [0, 0.05) is 18.3 Å². The summed E-state index contributed by atoms with van der Waals surface area (Å²) in [4.78, 5) is 3.86. The summed E-state index contributed by atoms with van der Waals surface area (Å²) in [6.07, 6.45) is 0.791. The molecule has 0 aliphatic heterocycles. The summed E-state index contributed by atoms with van der Waals surface area (Å²) in [6.45, 7) is 2.46. The van der Waals surface area contributed by atoms with E-state index in [1.54, 1.807) is 0 Å². The van der Waals surface area contributed by atoms with Gasteiger partial charge in [0.05, 0.1) is 0 Å². The van der Waals surface area contributed by atoms with E-state index in [4.69, 9.17) is 0 Å². The van der Waals surface area contributed by atoms with Crippen molar-refractivity contribution >= 4 is 17.3 Å². The second kappa shape index (κ2) is 6.27. The van der Waals surface area contributed by atoms with Crippen LogP contribution in [0, 0.1) is 17.5 Å². The summed E-state index contributed by atoms with van der Waals surface area (Å²) in [5.74, 6) is -2.09. The van der Waals surface area contributed by atoms with Gasteiger partial charge < -0.3 is 10.6 Å². The second-order valence-electron chi connectivity index (χ2n) is 4.21. The minimum atomic E-state index is -0.811. The number of hydrogen-bond donors (Lipinski definition) is 2. The van der Waals surface area contributed by atoms with Crippen molar-refractivity contribution in [2.24, 2.45) is 0 Å². The molecule has 6 heteroatoms. The number of benzene rings is 1. The fourth-order valence-electron chi connectivity index (χ4n) is 1.59. The number of halogens is 3. The molecule has 0 spiro atoms. The number of hydrogen-bond acceptors (Lipinski definition) is 3. The molecule has 0 atom stereocenters. The largest absolute Gasteiger partial charge is 0.368 e. The zero-order valence-electron chi connectivity index (χ0n) is 10.9. The van der Waals surface area contributed by atoms with E-state index in [2.05, 4.69) is 15.6 Å². The SMILES string of the molecule is CCCNc1nc(Nc2ccc(F)cc2)c(F)cc1F. The third-order valence-electron chi connectivity index (χ3n) is 2.58. The molecular formula is C14H14F3N3. The molecular weight excluding hydrogens is 267 g/mol. The molecule has 0 aliphatic rings. The first-order valence-corrected chi connectivity index (χ1v) is 6.22. The van der Waals surface area contributed by atoms with E-state index in [9.17, 15) is 13.2 Å². The maximum atomic E-state index is 13.7. The average molecular weight is 281 g/mol. The van der Waals surface area contributed by atoms with Gasteiger partial charge in [0.1, 0.15) is 5.82 Å². The Balaban J connectivity index is 2.24. The lowest BCUT2D eigenvalue weighted by atomic mass is 10.3. The molecule has 0 fully saturated rings. The summed E-state index contributed by atoms with van der Waals surface area (Å²) in [7, 11) is 0. The van der Waals surface area contributed by atoms with Gasteiger partial charge in [-0.2, -0.15) is 0 Å². The number of nitrogens with one attached hydrogen (secondary N) is 2. The van der Waals surface area contributed by atoms with Crippen molar-refractivity contribution in [3.8, 4) is 0 Å². The maximum Gasteiger partial charge on any atom is 0.169 e. The van der Waals surface area contributed by atoms with Crippen molar-refractivity contribution in [2.45, 2.75) is 13.3 Å². The van der Waals surface area contributed by atoms with Crippen molar-refractivity contribution in [3.05, 3.63) is 47.8 Å². The van der Waals surface area contributed by atoms with Gasteiger partial charge in [-0.3, -0.25) is 0 Å². The molecule has 106 valence electrons. The van der Waals surface area contributed by atoms with Crippen molar-refractivity contribution < 1.29 is 13.2 Å². The lowest BCUT2D eigenvalue weighted by Crippen LogP contribution is -2.07. The Morgan fingerprint density at radius 3 is 2.30 bits per heavy atom. The van der Waals surface area contributed by atoms with Gasteiger partial charge in [0.25, 0.3) is 0 Å². The Labute approximate surface area is 114 Å². The van der Waals surface area contributed by atoms with Crippen LogP contribution < -0.4 is 10.6 Å². The van der Waals surface area contributed by atoms with E-state index in [0.717, 1.165) is 12.5 Å². The van der Waals surface area contributed by atoms with E-state index >= 15 is 0 Å². The van der Waals surface area contributed by atoms with Crippen molar-refractivity contribution in [1.82, 2.24) is 4.98 Å². The predicted octanol–water partition coefficient (Wildman–Crippen LogP) is 4.06. The molecule has 1 aromatic heterocycles. The molecule has 2 rings (SSSR count). The van der Waals surface area contributed by atoms with Crippen LogP contribution in [0.4, 0.5) is 30.5 Å². The monoisotopic (exact) mass is 281 g/mol. The molecule has 0 bridgehead atoms. The van der Waals surface area contributed by atoms with Gasteiger partial charge in [-0.1, -0.05) is 6.92 Å². The number of anilines is 3. The molecule has 0 radical (unpaired) electrons. The van der Waals surface area contributed by atoms with E-state index in [1.807, 2.05) is 6.92 Å². The fraction of sp³-hybridized carbons (Fsp3) is 0.214. The van der Waals surface area contributed by atoms with Crippen LogP contribution in [0.5, 0.6) is 0 Å². The molecule has 0 unspecified atom stereocenters. The Morgan fingerprint density at radius 1 is 1.00 bits per heavy atom. The zero-order chi connectivity index (χ0) is 14.5. The molecule has 1 heterocycles. The number of aromatic nitrogens is 1. The third-order valence-corrected chi connectivity index (χ3v) is 2.58. The standard InChI is InChI=1S/C14H14F3N3/c1-2-7-18-13-11(16)8-12(17)14(20-13)19-10-5-3-9(15)4-6-10/h3-6,8H,2,7H2,1H3,(H2,18,19,20). The first-order valence-electron chi connectivity index (χ1n) is 6.22. The van der Waals surface area contributed by atoms with Crippen LogP contribution in [0.2, 0.25) is 0 Å². The van der Waals surface area contributed by atoms with Gasteiger partial charge in [-0.05, 0) is 30.7 Å². The summed E-state index contributed by atoms with van der Waals surface area (Å²) < 4.78 is 39.9. The molecule has 1 aromatic carbocycles. The van der Waals surface area contributed by atoms with E-state index in [-0.39, 0.29) is 11.6 Å². The van der Waals surface area contributed by atoms with Crippen molar-refractivity contribution in [3.63, 3.8) is 0 Å². The first-order chi connectivity index (χ1) is 9.60. The first kappa shape index (κ1) is 14.2. The molecule has 0 aliphatic carbocycles.